The summed E-state index contributed by atoms with van der Waals surface area (Å²) in [6.45, 7) is 1.50. The van der Waals surface area contributed by atoms with Gasteiger partial charge >= 0.3 is 0 Å². The average molecular weight is 351 g/mol. The Morgan fingerprint density at radius 2 is 1.88 bits per heavy atom. The molecule has 0 bridgehead atoms. The third-order valence-corrected chi connectivity index (χ3v) is 5.90. The molecule has 1 heterocycles. The number of hydrogen-bond donors (Lipinski definition) is 1. The summed E-state index contributed by atoms with van der Waals surface area (Å²) < 4.78 is 6.05. The molecule has 1 saturated carbocycles. The molecule has 1 unspecified atom stereocenters. The maximum Gasteiger partial charge on any atom is 0.124 e. The molecule has 1 aliphatic heterocycles. The Bertz CT molecular complexity index is 658. The van der Waals surface area contributed by atoms with Gasteiger partial charge in [0.25, 0.3) is 0 Å². The molecule has 1 aromatic carbocycles. The van der Waals surface area contributed by atoms with Gasteiger partial charge in [0, 0.05) is 12.5 Å². The smallest absolute Gasteiger partial charge is 0.124 e. The zero-order chi connectivity index (χ0) is 17.6. The first kappa shape index (κ1) is 17.5. The molecule has 1 fully saturated rings. The Balaban J connectivity index is 1.40. The van der Waals surface area contributed by atoms with Crippen LogP contribution < -0.4 is 5.32 Å². The fourth-order valence-corrected chi connectivity index (χ4v) is 4.45. The lowest BCUT2D eigenvalue weighted by Gasteiger charge is -2.26. The second kappa shape index (κ2) is 8.68. The van der Waals surface area contributed by atoms with Crippen LogP contribution in [-0.4, -0.2) is 25.1 Å². The van der Waals surface area contributed by atoms with Crippen molar-refractivity contribution in [2.75, 3.05) is 13.2 Å². The van der Waals surface area contributed by atoms with E-state index < -0.39 is 0 Å². The molecule has 3 nitrogen and oxygen atoms in total. The molecule has 0 aromatic heterocycles. The molecule has 3 atom stereocenters. The number of nitrogens with zero attached hydrogens (tertiary/aromatic N) is 1. The molecule has 0 radical (unpaired) electrons. The quantitative estimate of drug-likeness (QED) is 0.797. The van der Waals surface area contributed by atoms with Crippen LogP contribution in [0.3, 0.4) is 0 Å². The van der Waals surface area contributed by atoms with E-state index in [1.165, 1.54) is 37.7 Å². The Morgan fingerprint density at radius 1 is 1.04 bits per heavy atom. The third-order valence-electron chi connectivity index (χ3n) is 5.90. The summed E-state index contributed by atoms with van der Waals surface area (Å²) in [5.41, 5.74) is 1.29. The lowest BCUT2D eigenvalue weighted by Crippen LogP contribution is -2.39. The number of rotatable bonds is 6. The van der Waals surface area contributed by atoms with Crippen LogP contribution in [0.2, 0.25) is 0 Å². The zero-order valence-electron chi connectivity index (χ0n) is 15.5. The second-order valence-electron chi connectivity index (χ2n) is 7.83. The number of hydrogen-bond acceptors (Lipinski definition) is 3. The highest BCUT2D eigenvalue weighted by Gasteiger charge is 2.34. The van der Waals surface area contributed by atoms with Gasteiger partial charge in [0.15, 0.2) is 0 Å². The van der Waals surface area contributed by atoms with E-state index in [2.05, 4.69) is 60.0 Å². The van der Waals surface area contributed by atoms with E-state index in [4.69, 9.17) is 9.73 Å². The van der Waals surface area contributed by atoms with Gasteiger partial charge in [0.05, 0.1) is 12.1 Å². The minimum Gasteiger partial charge on any atom is -0.373 e. The third kappa shape index (κ3) is 4.27. The lowest BCUT2D eigenvalue weighted by atomic mass is 9.86. The molecule has 1 aromatic rings. The van der Waals surface area contributed by atoms with Crippen LogP contribution in [0.4, 0.5) is 0 Å². The Kier molecular flexibility index (Phi) is 5.85. The highest BCUT2D eigenvalue weighted by Crippen LogP contribution is 2.33. The summed E-state index contributed by atoms with van der Waals surface area (Å²) in [4.78, 5) is 5.02. The summed E-state index contributed by atoms with van der Waals surface area (Å²) in [7, 11) is 0. The van der Waals surface area contributed by atoms with Gasteiger partial charge < -0.3 is 10.1 Å². The van der Waals surface area contributed by atoms with Crippen LogP contribution in [0.15, 0.2) is 59.6 Å². The van der Waals surface area contributed by atoms with Crippen LogP contribution in [0.5, 0.6) is 0 Å². The SMILES string of the molecule is C1=CCC([C@@H]2NC(COCC3CCCCC3)=N[C@@H]2c2ccccc2)C=C1. The van der Waals surface area contributed by atoms with Gasteiger partial charge in [0.2, 0.25) is 0 Å². The number of aliphatic imine (C=N–C) groups is 1. The summed E-state index contributed by atoms with van der Waals surface area (Å²) in [6, 6.07) is 11.2. The summed E-state index contributed by atoms with van der Waals surface area (Å²) in [6.07, 6.45) is 16.7. The molecule has 3 heteroatoms. The highest BCUT2D eigenvalue weighted by molar-refractivity contribution is 5.86. The van der Waals surface area contributed by atoms with Gasteiger partial charge in [-0.15, -0.1) is 0 Å². The van der Waals surface area contributed by atoms with E-state index in [-0.39, 0.29) is 6.04 Å². The first-order valence-electron chi connectivity index (χ1n) is 10.2. The fraction of sp³-hybridized carbons (Fsp3) is 0.522. The van der Waals surface area contributed by atoms with Crippen molar-refractivity contribution in [3.05, 3.63) is 60.2 Å². The standard InChI is InChI=1S/C23H30N2O/c1-4-10-18(11-5-1)16-26-17-21-24-22(19-12-6-2-7-13-19)23(25-21)20-14-8-3-9-15-20/h2-3,6-9,12-14,18,20,22-23H,1,4-5,10-11,15-17H2,(H,24,25)/t20?,22-,23+/m1/s1. The van der Waals surface area contributed by atoms with Crippen molar-refractivity contribution in [2.24, 2.45) is 16.8 Å². The van der Waals surface area contributed by atoms with E-state index in [0.29, 0.717) is 18.6 Å². The molecule has 3 aliphatic rings. The first-order chi connectivity index (χ1) is 12.9. The highest BCUT2D eigenvalue weighted by atomic mass is 16.5. The van der Waals surface area contributed by atoms with Crippen LogP contribution in [0.1, 0.15) is 50.1 Å². The molecule has 4 rings (SSSR count). The summed E-state index contributed by atoms with van der Waals surface area (Å²) in [5.74, 6) is 2.24. The van der Waals surface area contributed by atoms with E-state index in [0.717, 1.165) is 24.8 Å². The Labute approximate surface area is 157 Å². The monoisotopic (exact) mass is 350 g/mol. The maximum absolute atomic E-state index is 6.05. The molecular weight excluding hydrogens is 320 g/mol. The van der Waals surface area contributed by atoms with Crippen LogP contribution in [0.25, 0.3) is 0 Å². The summed E-state index contributed by atoms with van der Waals surface area (Å²) in [5, 5.41) is 3.69. The molecule has 26 heavy (non-hydrogen) atoms. The molecule has 0 amide bonds. The van der Waals surface area contributed by atoms with Gasteiger partial charge in [0.1, 0.15) is 12.4 Å². The van der Waals surface area contributed by atoms with Crippen molar-refractivity contribution >= 4 is 5.84 Å². The number of amidine groups is 1. The zero-order valence-corrected chi connectivity index (χ0v) is 15.5. The second-order valence-corrected chi connectivity index (χ2v) is 7.83. The number of allylic oxidation sites excluding steroid dienone is 3. The van der Waals surface area contributed by atoms with Crippen molar-refractivity contribution in [1.29, 1.82) is 0 Å². The van der Waals surface area contributed by atoms with Crippen molar-refractivity contribution in [3.63, 3.8) is 0 Å². The molecular formula is C23H30N2O. The van der Waals surface area contributed by atoms with Gasteiger partial charge in [-0.05, 0) is 30.7 Å². The Hall–Kier alpha value is -1.87. The van der Waals surface area contributed by atoms with E-state index in [1.807, 2.05) is 0 Å². The average Bonchev–Trinajstić information content (AvgIpc) is 3.14. The van der Waals surface area contributed by atoms with Crippen molar-refractivity contribution in [2.45, 2.75) is 50.6 Å². The maximum atomic E-state index is 6.05. The predicted octanol–water partition coefficient (Wildman–Crippen LogP) is 4.83. The van der Waals surface area contributed by atoms with Gasteiger partial charge in [-0.1, -0.05) is 73.9 Å². The molecule has 0 saturated heterocycles. The molecule has 1 N–H and O–H groups in total. The van der Waals surface area contributed by atoms with Gasteiger partial charge in [-0.25, -0.2) is 0 Å². The number of ether oxygens (including phenoxy) is 1. The largest absolute Gasteiger partial charge is 0.373 e. The van der Waals surface area contributed by atoms with E-state index in [1.54, 1.807) is 0 Å². The summed E-state index contributed by atoms with van der Waals surface area (Å²) >= 11 is 0. The molecule has 0 spiro atoms. The lowest BCUT2D eigenvalue weighted by molar-refractivity contribution is 0.111. The van der Waals surface area contributed by atoms with Crippen LogP contribution >= 0.6 is 0 Å². The predicted molar refractivity (Wildman–Crippen MR) is 107 cm³/mol. The fourth-order valence-electron chi connectivity index (χ4n) is 4.45. The van der Waals surface area contributed by atoms with E-state index in [9.17, 15) is 0 Å². The molecule has 138 valence electrons. The number of benzene rings is 1. The minimum atomic E-state index is 0.172. The van der Waals surface area contributed by atoms with E-state index >= 15 is 0 Å². The normalized spacial score (nSPS) is 28.8. The Morgan fingerprint density at radius 3 is 2.65 bits per heavy atom. The number of nitrogens with one attached hydrogen (secondary N) is 1. The van der Waals surface area contributed by atoms with Crippen LogP contribution in [0, 0.1) is 11.8 Å². The molecule has 2 aliphatic carbocycles. The van der Waals surface area contributed by atoms with Crippen molar-refractivity contribution in [3.8, 4) is 0 Å². The van der Waals surface area contributed by atoms with Gasteiger partial charge in [-0.2, -0.15) is 0 Å². The first-order valence-corrected chi connectivity index (χ1v) is 10.2. The van der Waals surface area contributed by atoms with Crippen LogP contribution in [-0.2, 0) is 4.74 Å². The topological polar surface area (TPSA) is 33.6 Å². The van der Waals surface area contributed by atoms with Crippen molar-refractivity contribution < 1.29 is 4.74 Å². The van der Waals surface area contributed by atoms with Gasteiger partial charge in [-0.3, -0.25) is 4.99 Å². The van der Waals surface area contributed by atoms with Crippen molar-refractivity contribution in [1.82, 2.24) is 5.32 Å². The minimum absolute atomic E-state index is 0.172.